The first-order valence-corrected chi connectivity index (χ1v) is 17.7. The van der Waals surface area contributed by atoms with Crippen LogP contribution in [0.2, 0.25) is 0 Å². The fraction of sp³-hybridized carbons (Fsp3) is 0.875. The van der Waals surface area contributed by atoms with Gasteiger partial charge in [0.25, 0.3) is 0 Å². The molecule has 0 bridgehead atoms. The summed E-state index contributed by atoms with van der Waals surface area (Å²) in [5.74, 6) is -8.77. The molecule has 0 saturated heterocycles. The van der Waals surface area contributed by atoms with Crippen LogP contribution in [0, 0.1) is 0 Å². The molecule has 0 spiro atoms. The van der Waals surface area contributed by atoms with Crippen molar-refractivity contribution in [2.75, 3.05) is 39.3 Å². The van der Waals surface area contributed by atoms with E-state index in [4.69, 9.17) is 29.7 Å². The molecule has 0 unspecified atom stereocenters. The van der Waals surface area contributed by atoms with Gasteiger partial charge in [-0.3, -0.25) is 4.79 Å². The zero-order chi connectivity index (χ0) is 40.9. The summed E-state index contributed by atoms with van der Waals surface area (Å²) in [6, 6.07) is 0. The number of rotatable bonds is 26. The van der Waals surface area contributed by atoms with Gasteiger partial charge in [0.05, 0.1) is 32.7 Å². The first-order valence-electron chi connectivity index (χ1n) is 17.7. The summed E-state index contributed by atoms with van der Waals surface area (Å²) >= 11 is 0. The molecule has 0 aromatic rings. The number of quaternary nitrogens is 3. The normalized spacial score (nSPS) is 11.2. The zero-order valence-corrected chi connectivity index (χ0v) is 30.1. The highest BCUT2D eigenvalue weighted by atomic mass is 19.4. The van der Waals surface area contributed by atoms with Crippen LogP contribution in [0.1, 0.15) is 122 Å². The Morgan fingerprint density at radius 1 is 0.500 bits per heavy atom. The van der Waals surface area contributed by atoms with Gasteiger partial charge in [0, 0.05) is 38.6 Å². The molecule has 0 heterocycles. The number of nitrogens with two attached hydrogens (primary N) is 2. The molecule has 0 aliphatic heterocycles. The number of alkyl halides is 9. The van der Waals surface area contributed by atoms with E-state index in [2.05, 4.69) is 28.6 Å². The minimum absolute atomic E-state index is 0.251. The average Bonchev–Trinajstić information content (AvgIpc) is 3.03. The van der Waals surface area contributed by atoms with Gasteiger partial charge in [-0.1, -0.05) is 84.0 Å². The molecule has 8 N–H and O–H groups in total. The molecule has 0 rings (SSSR count). The summed E-state index contributed by atoms with van der Waals surface area (Å²) in [5, 5.41) is 34.3. The number of carboxylic acids is 3. The van der Waals surface area contributed by atoms with Gasteiger partial charge in [0.1, 0.15) is 17.9 Å². The molecule has 20 heteroatoms. The van der Waals surface area contributed by atoms with Crippen molar-refractivity contribution in [2.45, 2.75) is 141 Å². The number of carboxylic acid groups (broad SMARTS) is 3. The van der Waals surface area contributed by atoms with E-state index in [9.17, 15) is 44.3 Å². The van der Waals surface area contributed by atoms with Crippen molar-refractivity contribution in [1.82, 2.24) is 5.32 Å². The van der Waals surface area contributed by atoms with E-state index >= 15 is 0 Å². The van der Waals surface area contributed by atoms with E-state index in [0.717, 1.165) is 32.5 Å². The van der Waals surface area contributed by atoms with Gasteiger partial charge in [-0.05, 0) is 6.42 Å². The molecule has 0 radical (unpaired) electrons. The Labute approximate surface area is 300 Å². The van der Waals surface area contributed by atoms with Crippen molar-refractivity contribution in [3.8, 4) is 0 Å². The molecule has 0 saturated carbocycles. The SMILES string of the molecule is CCCCCCCCCCCCCCCC(=O)NCCC[NH2+]CCCC[NH2+]CCC[NH3+].O=C([O-])C(F)(F)F.O=C([O-])C(F)(F)F.O=C([O-])C(F)(F)F. The lowest BCUT2D eigenvalue weighted by Crippen LogP contribution is -2.86. The molecule has 0 aromatic heterocycles. The third kappa shape index (κ3) is 51.5. The maximum atomic E-state index is 11.9. The van der Waals surface area contributed by atoms with Crippen LogP contribution >= 0.6 is 0 Å². The van der Waals surface area contributed by atoms with Crippen molar-refractivity contribution >= 4 is 23.8 Å². The number of aliphatic carboxylic acids is 3. The second-order valence-corrected chi connectivity index (χ2v) is 11.7. The molecule has 11 nitrogen and oxygen atoms in total. The summed E-state index contributed by atoms with van der Waals surface area (Å²) < 4.78 is 94.6. The predicted molar refractivity (Wildman–Crippen MR) is 166 cm³/mol. The summed E-state index contributed by atoms with van der Waals surface area (Å²) in [5.41, 5.74) is 3.87. The van der Waals surface area contributed by atoms with Gasteiger partial charge in [-0.25, -0.2) is 0 Å². The maximum Gasteiger partial charge on any atom is 0.430 e. The van der Waals surface area contributed by atoms with Gasteiger partial charge >= 0.3 is 18.5 Å². The van der Waals surface area contributed by atoms with Crippen LogP contribution in [0.4, 0.5) is 39.5 Å². The highest BCUT2D eigenvalue weighted by Crippen LogP contribution is 2.14. The Morgan fingerprint density at radius 3 is 1.10 bits per heavy atom. The molecule has 0 aliphatic rings. The maximum absolute atomic E-state index is 11.9. The van der Waals surface area contributed by atoms with Gasteiger partial charge in [-0.15, -0.1) is 0 Å². The molecule has 0 fully saturated rings. The molecular weight excluding hydrogens is 723 g/mol. The lowest BCUT2D eigenvalue weighted by atomic mass is 10.0. The van der Waals surface area contributed by atoms with E-state index in [-0.39, 0.29) is 5.91 Å². The Kier molecular flexibility index (Phi) is 39.2. The predicted octanol–water partition coefficient (Wildman–Crippen LogP) is 0.409. The number of hydrogen-bond donors (Lipinski definition) is 4. The number of carbonyl (C=O) groups excluding carboxylic acids is 4. The van der Waals surface area contributed by atoms with Gasteiger partial charge < -0.3 is 51.4 Å². The first kappa shape index (κ1) is 55.9. The molecule has 0 aliphatic carbocycles. The van der Waals surface area contributed by atoms with Gasteiger partial charge in [-0.2, -0.15) is 39.5 Å². The Hall–Kier alpha value is -2.87. The fourth-order valence-electron chi connectivity index (χ4n) is 4.02. The van der Waals surface area contributed by atoms with Gasteiger partial charge in [0.2, 0.25) is 5.91 Å². The third-order valence-electron chi connectivity index (χ3n) is 6.83. The third-order valence-corrected chi connectivity index (χ3v) is 6.83. The van der Waals surface area contributed by atoms with E-state index in [1.807, 2.05) is 0 Å². The largest absolute Gasteiger partial charge is 0.542 e. The van der Waals surface area contributed by atoms with Crippen molar-refractivity contribution < 1.29 is 90.4 Å². The number of unbranched alkanes of at least 4 members (excludes halogenated alkanes) is 13. The van der Waals surface area contributed by atoms with Crippen LogP contribution in [0.15, 0.2) is 0 Å². The van der Waals surface area contributed by atoms with E-state index in [1.54, 1.807) is 0 Å². The van der Waals surface area contributed by atoms with E-state index < -0.39 is 36.4 Å². The minimum Gasteiger partial charge on any atom is -0.542 e. The number of carbonyl (C=O) groups is 4. The zero-order valence-electron chi connectivity index (χ0n) is 30.1. The molecule has 312 valence electrons. The fourth-order valence-corrected chi connectivity index (χ4v) is 4.02. The topological polar surface area (TPSA) is 210 Å². The van der Waals surface area contributed by atoms with E-state index in [0.29, 0.717) is 6.42 Å². The smallest absolute Gasteiger partial charge is 0.430 e. The molecule has 52 heavy (non-hydrogen) atoms. The lowest BCUT2D eigenvalue weighted by Gasteiger charge is -2.06. The van der Waals surface area contributed by atoms with Gasteiger partial charge in [0.15, 0.2) is 0 Å². The van der Waals surface area contributed by atoms with Crippen molar-refractivity contribution in [3.63, 3.8) is 0 Å². The summed E-state index contributed by atoms with van der Waals surface area (Å²) in [6.07, 6.45) is 7.66. The number of hydrogen-bond acceptors (Lipinski definition) is 7. The molecular formula is C32H59F9N4O7. The average molecular weight is 783 g/mol. The summed E-state index contributed by atoms with van der Waals surface area (Å²) in [7, 11) is 0. The monoisotopic (exact) mass is 782 g/mol. The minimum atomic E-state index is -5.19. The second-order valence-electron chi connectivity index (χ2n) is 11.7. The Balaban J connectivity index is -0.000000439. The first-order chi connectivity index (χ1) is 24.1. The molecule has 1 amide bonds. The quantitative estimate of drug-likeness (QED) is 0.0717. The molecule has 0 aromatic carbocycles. The number of nitrogens with one attached hydrogen (secondary N) is 1. The number of amides is 1. The summed E-state index contributed by atoms with van der Waals surface area (Å²) in [6.45, 7) is 9.01. The van der Waals surface area contributed by atoms with Crippen LogP contribution in [0.5, 0.6) is 0 Å². The van der Waals surface area contributed by atoms with Crippen LogP contribution in [0.25, 0.3) is 0 Å². The highest BCUT2D eigenvalue weighted by Gasteiger charge is 2.30. The van der Waals surface area contributed by atoms with Crippen LogP contribution in [-0.4, -0.2) is 81.6 Å². The summed E-state index contributed by atoms with van der Waals surface area (Å²) in [4.78, 5) is 38.3. The van der Waals surface area contributed by atoms with Crippen LogP contribution in [0.3, 0.4) is 0 Å². The van der Waals surface area contributed by atoms with Crippen molar-refractivity contribution in [2.24, 2.45) is 0 Å². The Morgan fingerprint density at radius 2 is 0.788 bits per heavy atom. The molecule has 0 atom stereocenters. The highest BCUT2D eigenvalue weighted by molar-refractivity contribution is 5.75. The second kappa shape index (κ2) is 36.5. The number of halogens is 9. The van der Waals surface area contributed by atoms with Crippen molar-refractivity contribution in [1.29, 1.82) is 0 Å². The van der Waals surface area contributed by atoms with E-state index in [1.165, 1.54) is 116 Å². The van der Waals surface area contributed by atoms with Crippen LogP contribution in [-0.2, 0) is 19.2 Å². The Bertz CT molecular complexity index is 822. The van der Waals surface area contributed by atoms with Crippen LogP contribution < -0.4 is 37.0 Å². The lowest BCUT2D eigenvalue weighted by molar-refractivity contribution is -0.665. The standard InChI is InChI=1S/C26H56N4O.3C2HF3O2/c1-2-3-4-5-6-7-8-9-10-11-12-13-14-19-26(31)30-25-18-24-29-22-16-15-21-28-23-17-20-27;3*3-2(4,5)1(6)7/h28-29H,2-25,27H2,1H3,(H,30,31);3*(H,6,7). The van der Waals surface area contributed by atoms with Crippen molar-refractivity contribution in [3.05, 3.63) is 0 Å².